The molecule has 0 aliphatic carbocycles. The van der Waals surface area contributed by atoms with E-state index in [9.17, 15) is 14.7 Å². The second kappa shape index (κ2) is 14.1. The number of benzene rings is 1. The Hall–Kier alpha value is -5.14. The number of aromatic nitrogens is 6. The molecule has 2 fully saturated rings. The predicted molar refractivity (Wildman–Crippen MR) is 184 cm³/mol. The number of amides is 2. The standard InChI is InChI=1S/C36H41N9O4/c1-3-43(36(47)48)22-26-19-37-20-29(24(26)2)25-10-11-31-28(18-25)33(41-45(31)32-9-5-7-17-49-32)34-39-21-30(40-34)35(46)44-15-13-42(14-16-44)23-27-8-4-6-12-38-27/h4,6,8,10-12,18-21,32H,3,5,7,9,13-17,22-23H2,1-2H3,(H,39,40)(H,47,48). The van der Waals surface area contributed by atoms with Gasteiger partial charge in [0.25, 0.3) is 5.91 Å². The van der Waals surface area contributed by atoms with Gasteiger partial charge in [-0.05, 0) is 74.1 Å². The molecule has 2 aliphatic rings. The molecule has 254 valence electrons. The van der Waals surface area contributed by atoms with Crippen LogP contribution >= 0.6 is 0 Å². The smallest absolute Gasteiger partial charge is 0.407 e. The van der Waals surface area contributed by atoms with E-state index in [2.05, 4.69) is 30.9 Å². The molecule has 2 N–H and O–H groups in total. The van der Waals surface area contributed by atoms with Crippen molar-refractivity contribution in [1.82, 2.24) is 44.4 Å². The van der Waals surface area contributed by atoms with Gasteiger partial charge in [0, 0.05) is 75.4 Å². The Bertz CT molecular complexity index is 1940. The molecule has 6 heterocycles. The van der Waals surface area contributed by atoms with Gasteiger partial charge in [-0.15, -0.1) is 0 Å². The van der Waals surface area contributed by atoms with Crippen LogP contribution in [0.25, 0.3) is 33.5 Å². The summed E-state index contributed by atoms with van der Waals surface area (Å²) in [5, 5.41) is 15.5. The van der Waals surface area contributed by atoms with E-state index in [4.69, 9.17) is 9.84 Å². The van der Waals surface area contributed by atoms with Gasteiger partial charge in [0.15, 0.2) is 12.1 Å². The summed E-state index contributed by atoms with van der Waals surface area (Å²) in [4.78, 5) is 47.7. The molecule has 0 bridgehead atoms. The van der Waals surface area contributed by atoms with E-state index >= 15 is 0 Å². The van der Waals surface area contributed by atoms with Gasteiger partial charge in [0.2, 0.25) is 0 Å². The number of nitrogens with one attached hydrogen (secondary N) is 1. The van der Waals surface area contributed by atoms with Crippen LogP contribution < -0.4 is 0 Å². The molecule has 13 heteroatoms. The Morgan fingerprint density at radius 3 is 2.65 bits per heavy atom. The zero-order valence-electron chi connectivity index (χ0n) is 27.9. The average molecular weight is 664 g/mol. The molecule has 0 saturated carbocycles. The third-order valence-corrected chi connectivity index (χ3v) is 9.58. The average Bonchev–Trinajstić information content (AvgIpc) is 3.77. The Kier molecular flexibility index (Phi) is 9.36. The van der Waals surface area contributed by atoms with E-state index in [1.807, 2.05) is 60.0 Å². The molecule has 1 unspecified atom stereocenters. The first-order valence-corrected chi connectivity index (χ1v) is 16.9. The largest absolute Gasteiger partial charge is 0.465 e. The SMILES string of the molecule is CCN(Cc1cncc(-c2ccc3c(c2)c(-c2ncc(C(=O)N4CCN(Cc5ccccn5)CC4)[nH]2)nn3C2CCCCO2)c1C)C(=O)O. The highest BCUT2D eigenvalue weighted by atomic mass is 16.5. The van der Waals surface area contributed by atoms with Gasteiger partial charge in [-0.2, -0.15) is 5.10 Å². The first-order chi connectivity index (χ1) is 23.9. The fourth-order valence-corrected chi connectivity index (χ4v) is 6.71. The maximum absolute atomic E-state index is 13.6. The number of ether oxygens (including phenoxy) is 1. The number of fused-ring (bicyclic) bond motifs is 1. The minimum atomic E-state index is -0.963. The lowest BCUT2D eigenvalue weighted by molar-refractivity contribution is -0.0365. The van der Waals surface area contributed by atoms with Crippen molar-refractivity contribution >= 4 is 22.9 Å². The fourth-order valence-electron chi connectivity index (χ4n) is 6.71. The summed E-state index contributed by atoms with van der Waals surface area (Å²) < 4.78 is 8.08. The molecule has 5 aromatic rings. The van der Waals surface area contributed by atoms with Gasteiger partial charge < -0.3 is 24.6 Å². The molecule has 0 spiro atoms. The van der Waals surface area contributed by atoms with E-state index in [1.54, 1.807) is 18.6 Å². The lowest BCUT2D eigenvalue weighted by Gasteiger charge is -2.34. The predicted octanol–water partition coefficient (Wildman–Crippen LogP) is 5.35. The number of piperazine rings is 1. The van der Waals surface area contributed by atoms with Crippen LogP contribution in [0.1, 0.15) is 59.7 Å². The number of carbonyl (C=O) groups is 2. The van der Waals surface area contributed by atoms with Crippen molar-refractivity contribution < 1.29 is 19.4 Å². The third-order valence-electron chi connectivity index (χ3n) is 9.58. The summed E-state index contributed by atoms with van der Waals surface area (Å²) in [6.45, 7) is 8.67. The second-order valence-electron chi connectivity index (χ2n) is 12.6. The number of hydrogen-bond donors (Lipinski definition) is 2. The van der Waals surface area contributed by atoms with Gasteiger partial charge in [-0.1, -0.05) is 12.1 Å². The monoisotopic (exact) mass is 663 g/mol. The quantitative estimate of drug-likeness (QED) is 0.213. The van der Waals surface area contributed by atoms with Crippen LogP contribution in [0.2, 0.25) is 0 Å². The Morgan fingerprint density at radius 1 is 1.06 bits per heavy atom. The molecule has 1 aromatic carbocycles. The van der Waals surface area contributed by atoms with Gasteiger partial charge in [-0.25, -0.2) is 14.5 Å². The lowest BCUT2D eigenvalue weighted by Crippen LogP contribution is -2.48. The van der Waals surface area contributed by atoms with Crippen LogP contribution in [0, 0.1) is 6.92 Å². The van der Waals surface area contributed by atoms with Gasteiger partial charge in [0.05, 0.1) is 24.0 Å². The zero-order chi connectivity index (χ0) is 33.9. The van der Waals surface area contributed by atoms with E-state index in [1.165, 1.54) is 4.90 Å². The van der Waals surface area contributed by atoms with Crippen molar-refractivity contribution in [3.05, 3.63) is 83.7 Å². The molecule has 4 aromatic heterocycles. The Labute approximate surface area is 284 Å². The fraction of sp³-hybridized carbons (Fsp3) is 0.389. The van der Waals surface area contributed by atoms with E-state index in [0.29, 0.717) is 43.5 Å². The van der Waals surface area contributed by atoms with Crippen molar-refractivity contribution in [3.63, 3.8) is 0 Å². The van der Waals surface area contributed by atoms with Crippen molar-refractivity contribution in [2.24, 2.45) is 0 Å². The molecule has 1 atom stereocenters. The minimum Gasteiger partial charge on any atom is -0.465 e. The summed E-state index contributed by atoms with van der Waals surface area (Å²) >= 11 is 0. The van der Waals surface area contributed by atoms with Crippen molar-refractivity contribution in [2.75, 3.05) is 39.3 Å². The van der Waals surface area contributed by atoms with E-state index < -0.39 is 6.09 Å². The molecule has 49 heavy (non-hydrogen) atoms. The molecule has 7 rings (SSSR count). The highest BCUT2D eigenvalue weighted by Crippen LogP contribution is 2.36. The Morgan fingerprint density at radius 2 is 1.92 bits per heavy atom. The van der Waals surface area contributed by atoms with Gasteiger partial charge in [0.1, 0.15) is 11.4 Å². The number of nitrogens with zero attached hydrogens (tertiary/aromatic N) is 8. The highest BCUT2D eigenvalue weighted by molar-refractivity contribution is 5.97. The third kappa shape index (κ3) is 6.76. The number of aromatic amines is 1. The number of carboxylic acid groups (broad SMARTS) is 1. The first-order valence-electron chi connectivity index (χ1n) is 16.9. The van der Waals surface area contributed by atoms with Crippen molar-refractivity contribution in [2.45, 2.75) is 52.4 Å². The molecular formula is C36H41N9O4. The van der Waals surface area contributed by atoms with Crippen molar-refractivity contribution in [1.29, 1.82) is 0 Å². The molecule has 13 nitrogen and oxygen atoms in total. The maximum atomic E-state index is 13.6. The minimum absolute atomic E-state index is 0.0859. The van der Waals surface area contributed by atoms with Crippen LogP contribution in [0.15, 0.2) is 61.2 Å². The number of rotatable bonds is 9. The number of H-pyrrole nitrogens is 1. The van der Waals surface area contributed by atoms with Crippen molar-refractivity contribution in [3.8, 4) is 22.6 Å². The van der Waals surface area contributed by atoms with Gasteiger partial charge in [-0.3, -0.25) is 19.7 Å². The number of imidazole rings is 1. The van der Waals surface area contributed by atoms with E-state index in [0.717, 1.165) is 77.7 Å². The lowest BCUT2D eigenvalue weighted by atomic mass is 9.97. The van der Waals surface area contributed by atoms with Crippen LogP contribution in [-0.2, 0) is 17.8 Å². The number of carbonyl (C=O) groups excluding carboxylic acids is 1. The summed E-state index contributed by atoms with van der Waals surface area (Å²) in [5.74, 6) is 0.426. The van der Waals surface area contributed by atoms with Crippen LogP contribution in [-0.4, -0.2) is 101 Å². The van der Waals surface area contributed by atoms with Gasteiger partial charge >= 0.3 is 6.09 Å². The Balaban J connectivity index is 1.17. The number of pyridine rings is 2. The molecule has 2 amide bonds. The first kappa shape index (κ1) is 32.4. The van der Waals surface area contributed by atoms with E-state index in [-0.39, 0.29) is 18.7 Å². The molecule has 0 radical (unpaired) electrons. The van der Waals surface area contributed by atoms with Crippen LogP contribution in [0.5, 0.6) is 0 Å². The summed E-state index contributed by atoms with van der Waals surface area (Å²) in [6.07, 6.45) is 8.72. The topological polar surface area (TPSA) is 146 Å². The summed E-state index contributed by atoms with van der Waals surface area (Å²) in [7, 11) is 0. The molecular weight excluding hydrogens is 622 g/mol. The van der Waals surface area contributed by atoms with Crippen LogP contribution in [0.3, 0.4) is 0 Å². The zero-order valence-corrected chi connectivity index (χ0v) is 27.9. The molecule has 2 saturated heterocycles. The highest BCUT2D eigenvalue weighted by Gasteiger charge is 2.27. The summed E-state index contributed by atoms with van der Waals surface area (Å²) in [5.41, 5.74) is 6.63. The summed E-state index contributed by atoms with van der Waals surface area (Å²) in [6, 6.07) is 12.1. The number of hydrogen-bond acceptors (Lipinski definition) is 8. The van der Waals surface area contributed by atoms with Crippen LogP contribution in [0.4, 0.5) is 4.79 Å². The second-order valence-corrected chi connectivity index (χ2v) is 12.6. The normalized spacial score (nSPS) is 17.0. The maximum Gasteiger partial charge on any atom is 0.407 e. The molecule has 2 aliphatic heterocycles.